The summed E-state index contributed by atoms with van der Waals surface area (Å²) in [6.07, 6.45) is 7.21. The van der Waals surface area contributed by atoms with Crippen molar-refractivity contribution < 1.29 is 9.53 Å². The number of rotatable bonds is 2. The highest BCUT2D eigenvalue weighted by Crippen LogP contribution is 2.59. The summed E-state index contributed by atoms with van der Waals surface area (Å²) in [5, 5.41) is 1.26. The summed E-state index contributed by atoms with van der Waals surface area (Å²) in [7, 11) is 0. The van der Waals surface area contributed by atoms with Crippen LogP contribution in [0.3, 0.4) is 0 Å². The third kappa shape index (κ3) is 2.93. The molecule has 0 bridgehead atoms. The van der Waals surface area contributed by atoms with E-state index in [-0.39, 0.29) is 17.5 Å². The van der Waals surface area contributed by atoms with Crippen molar-refractivity contribution >= 4 is 29.1 Å². The molecule has 1 aromatic rings. The first kappa shape index (κ1) is 16.3. The molecule has 0 unspecified atom stereocenters. The molecule has 0 aliphatic carbocycles. The lowest BCUT2D eigenvalue weighted by molar-refractivity contribution is -0.155. The predicted molar refractivity (Wildman–Crippen MR) is 91.8 cm³/mol. The Balaban J connectivity index is 2.37. The minimum Gasteiger partial charge on any atom is -0.446 e. The zero-order valence-electron chi connectivity index (χ0n) is 12.7. The largest absolute Gasteiger partial charge is 0.446 e. The van der Waals surface area contributed by atoms with Crippen LogP contribution in [0.1, 0.15) is 27.2 Å². The van der Waals surface area contributed by atoms with Crippen molar-refractivity contribution in [2.45, 2.75) is 38.5 Å². The monoisotopic (exact) mass is 320 g/mol. The van der Waals surface area contributed by atoms with Crippen molar-refractivity contribution in [2.24, 2.45) is 5.92 Å². The van der Waals surface area contributed by atoms with Gasteiger partial charge in [-0.15, -0.1) is 6.42 Å². The molecule has 0 radical (unpaired) electrons. The summed E-state index contributed by atoms with van der Waals surface area (Å²) in [6.45, 7) is 5.62. The second-order valence-electron chi connectivity index (χ2n) is 5.90. The van der Waals surface area contributed by atoms with Gasteiger partial charge in [0.1, 0.15) is 0 Å². The highest BCUT2D eigenvalue weighted by molar-refractivity contribution is 8.18. The van der Waals surface area contributed by atoms with Crippen molar-refractivity contribution in [3.8, 4) is 12.3 Å². The van der Waals surface area contributed by atoms with Crippen LogP contribution in [0.4, 0.5) is 0 Å². The van der Waals surface area contributed by atoms with Gasteiger partial charge in [0, 0.05) is 19.3 Å². The number of ether oxygens (including phenoxy) is 1. The molecule has 0 aromatic heterocycles. The van der Waals surface area contributed by atoms with E-state index in [4.69, 9.17) is 23.0 Å². The van der Waals surface area contributed by atoms with Gasteiger partial charge < -0.3 is 4.74 Å². The predicted octanol–water partition coefficient (Wildman–Crippen LogP) is 3.15. The van der Waals surface area contributed by atoms with Gasteiger partial charge in [-0.05, 0) is 23.2 Å². The van der Waals surface area contributed by atoms with Crippen molar-refractivity contribution in [3.63, 3.8) is 0 Å². The topological polar surface area (TPSA) is 26.3 Å². The molecule has 1 saturated heterocycles. The van der Waals surface area contributed by atoms with Crippen LogP contribution in [0, 0.1) is 18.3 Å². The Bertz CT molecular complexity index is 619. The Hall–Kier alpha value is -1.10. The standard InChI is InChI=1S/C17H21O2PS/c1-5-17(19-15(4)18)11-14(3)20(21,12-13(17)2)16-9-7-6-8-10-16/h1,6-10,13-14H,11-12H2,2-4H3/t13-,14+,17+,20-/m0/s1. The molecule has 1 aliphatic heterocycles. The van der Waals surface area contributed by atoms with Gasteiger partial charge in [-0.2, -0.15) is 0 Å². The fourth-order valence-corrected chi connectivity index (χ4v) is 7.88. The van der Waals surface area contributed by atoms with Crippen LogP contribution in [-0.4, -0.2) is 23.4 Å². The maximum Gasteiger partial charge on any atom is 0.304 e. The first-order chi connectivity index (χ1) is 9.84. The van der Waals surface area contributed by atoms with E-state index >= 15 is 0 Å². The molecule has 1 aliphatic rings. The van der Waals surface area contributed by atoms with Crippen LogP contribution in [0.5, 0.6) is 0 Å². The molecule has 1 heterocycles. The molecule has 4 atom stereocenters. The molecule has 4 heteroatoms. The smallest absolute Gasteiger partial charge is 0.304 e. The maximum atomic E-state index is 11.4. The summed E-state index contributed by atoms with van der Waals surface area (Å²) in [4.78, 5) is 11.4. The molecule has 1 fully saturated rings. The Morgan fingerprint density at radius 2 is 2.05 bits per heavy atom. The van der Waals surface area contributed by atoms with E-state index in [1.54, 1.807) is 0 Å². The number of esters is 1. The average molecular weight is 320 g/mol. The Labute approximate surface area is 132 Å². The third-order valence-corrected chi connectivity index (χ3v) is 10.4. The van der Waals surface area contributed by atoms with Crippen molar-refractivity contribution in [1.82, 2.24) is 0 Å². The van der Waals surface area contributed by atoms with Gasteiger partial charge in [0.25, 0.3) is 0 Å². The first-order valence-electron chi connectivity index (χ1n) is 7.16. The normalized spacial score (nSPS) is 35.7. The molecular weight excluding hydrogens is 299 g/mol. The number of hydrogen-bond acceptors (Lipinski definition) is 3. The molecule has 0 N–H and O–H groups in total. The quantitative estimate of drug-likeness (QED) is 0.476. The molecule has 2 rings (SSSR count). The van der Waals surface area contributed by atoms with Gasteiger partial charge in [-0.1, -0.05) is 61.9 Å². The zero-order chi connectivity index (χ0) is 15.7. The highest BCUT2D eigenvalue weighted by Gasteiger charge is 2.49. The number of terminal acetylenes is 1. The summed E-state index contributed by atoms with van der Waals surface area (Å²) in [5.41, 5.74) is -0.538. The fraction of sp³-hybridized carbons (Fsp3) is 0.471. The van der Waals surface area contributed by atoms with Gasteiger partial charge in [0.15, 0.2) is 5.60 Å². The summed E-state index contributed by atoms with van der Waals surface area (Å²) < 4.78 is 5.54. The van der Waals surface area contributed by atoms with E-state index in [0.717, 1.165) is 6.16 Å². The Kier molecular flexibility index (Phi) is 4.61. The SMILES string of the molecule is C#C[C@@]1(OC(C)=O)C[C@@H](C)[P@](=S)(c2ccccc2)C[C@@H]1C. The zero-order valence-corrected chi connectivity index (χ0v) is 14.4. The first-order valence-corrected chi connectivity index (χ1v) is 10.2. The van der Waals surface area contributed by atoms with E-state index in [1.165, 1.54) is 12.2 Å². The Morgan fingerprint density at radius 3 is 2.57 bits per heavy atom. The van der Waals surface area contributed by atoms with E-state index in [9.17, 15) is 4.79 Å². The molecule has 0 spiro atoms. The molecule has 2 nitrogen and oxygen atoms in total. The molecule has 0 amide bonds. The van der Waals surface area contributed by atoms with Gasteiger partial charge in [-0.3, -0.25) is 4.79 Å². The lowest BCUT2D eigenvalue weighted by Crippen LogP contribution is -2.48. The summed E-state index contributed by atoms with van der Waals surface area (Å²) >= 11 is 6.09. The lowest BCUT2D eigenvalue weighted by atomic mass is 9.85. The van der Waals surface area contributed by atoms with Gasteiger partial charge in [-0.25, -0.2) is 0 Å². The van der Waals surface area contributed by atoms with Crippen LogP contribution in [-0.2, 0) is 21.3 Å². The van der Waals surface area contributed by atoms with Crippen LogP contribution in [0.25, 0.3) is 0 Å². The van der Waals surface area contributed by atoms with Crippen LogP contribution in [0.2, 0.25) is 0 Å². The lowest BCUT2D eigenvalue weighted by Gasteiger charge is -2.46. The van der Waals surface area contributed by atoms with Crippen molar-refractivity contribution in [2.75, 3.05) is 6.16 Å². The van der Waals surface area contributed by atoms with Gasteiger partial charge in [0.2, 0.25) is 0 Å². The molecule has 1 aromatic carbocycles. The minimum atomic E-state index is -1.70. The number of benzene rings is 1. The molecular formula is C17H21O2PS. The molecule has 21 heavy (non-hydrogen) atoms. The number of carbonyl (C=O) groups excluding carboxylic acids is 1. The summed E-state index contributed by atoms with van der Waals surface area (Å²) in [6, 6.07) is 8.63. The van der Waals surface area contributed by atoms with Crippen LogP contribution >= 0.6 is 6.04 Å². The highest BCUT2D eigenvalue weighted by atomic mass is 32.4. The van der Waals surface area contributed by atoms with Gasteiger partial charge >= 0.3 is 5.97 Å². The second-order valence-corrected chi connectivity index (χ2v) is 11.2. The second kappa shape index (κ2) is 5.95. The third-order valence-electron chi connectivity index (χ3n) is 4.42. The van der Waals surface area contributed by atoms with E-state index < -0.39 is 11.6 Å². The summed E-state index contributed by atoms with van der Waals surface area (Å²) in [5.74, 6) is 2.51. The van der Waals surface area contributed by atoms with E-state index in [1.807, 2.05) is 18.2 Å². The minimum absolute atomic E-state index is 0.0774. The number of hydrogen-bond donors (Lipinski definition) is 0. The average Bonchev–Trinajstić information content (AvgIpc) is 2.45. The number of carbonyl (C=O) groups is 1. The van der Waals surface area contributed by atoms with Crippen LogP contribution < -0.4 is 5.30 Å². The molecule has 112 valence electrons. The van der Waals surface area contributed by atoms with Crippen LogP contribution in [0.15, 0.2) is 30.3 Å². The molecule has 0 saturated carbocycles. The van der Waals surface area contributed by atoms with Crippen molar-refractivity contribution in [1.29, 1.82) is 0 Å². The maximum absolute atomic E-state index is 11.4. The Morgan fingerprint density at radius 1 is 1.43 bits per heavy atom. The fourth-order valence-electron chi connectivity index (χ4n) is 3.19. The van der Waals surface area contributed by atoms with Crippen molar-refractivity contribution in [3.05, 3.63) is 30.3 Å². The van der Waals surface area contributed by atoms with E-state index in [2.05, 4.69) is 31.9 Å². The van der Waals surface area contributed by atoms with Gasteiger partial charge in [0.05, 0.1) is 0 Å². The van der Waals surface area contributed by atoms with E-state index in [0.29, 0.717) is 6.42 Å².